The van der Waals surface area contributed by atoms with Crippen LogP contribution in [0.15, 0.2) is 35.3 Å². The minimum absolute atomic E-state index is 0.0477. The highest BCUT2D eigenvalue weighted by Crippen LogP contribution is 2.28. The van der Waals surface area contributed by atoms with E-state index >= 15 is 0 Å². The molecule has 17 heavy (non-hydrogen) atoms. The Balaban J connectivity index is 3.11. The number of nitrogens with two attached hydrogens (primary N) is 1. The van der Waals surface area contributed by atoms with Gasteiger partial charge >= 0.3 is 0 Å². The zero-order chi connectivity index (χ0) is 12.8. The predicted molar refractivity (Wildman–Crippen MR) is 76.2 cm³/mol. The van der Waals surface area contributed by atoms with E-state index in [0.717, 1.165) is 15.7 Å². The van der Waals surface area contributed by atoms with Gasteiger partial charge in [-0.15, -0.1) is 6.58 Å². The van der Waals surface area contributed by atoms with Crippen LogP contribution in [0.25, 0.3) is 0 Å². The number of benzene rings is 1. The zero-order valence-corrected chi connectivity index (χ0v) is 11.7. The smallest absolute Gasteiger partial charge is 0.0606 e. The van der Waals surface area contributed by atoms with E-state index in [2.05, 4.69) is 27.4 Å². The maximum Gasteiger partial charge on any atom is 0.0606 e. The second-order valence-corrected chi connectivity index (χ2v) is 4.87. The van der Waals surface area contributed by atoms with Crippen molar-refractivity contribution < 1.29 is 5.11 Å². The molecule has 0 fully saturated rings. The lowest BCUT2D eigenvalue weighted by molar-refractivity contribution is 0.303. The summed E-state index contributed by atoms with van der Waals surface area (Å²) < 4.78 is 1.01. The Bertz CT molecular complexity index is 380. The first kappa shape index (κ1) is 14.2. The standard InChI is InChI=1S/C13H19BrN2O/c1-3-6-16(7-8-17)13-5-4-11(14)9-12(13)10(2)15/h3-5,9-10,17H,1,6-8,15H2,2H3. The molecule has 3 nitrogen and oxygen atoms in total. The fourth-order valence-electron chi connectivity index (χ4n) is 1.76. The van der Waals surface area contributed by atoms with E-state index in [1.165, 1.54) is 0 Å². The van der Waals surface area contributed by atoms with Crippen molar-refractivity contribution in [3.05, 3.63) is 40.9 Å². The topological polar surface area (TPSA) is 49.5 Å². The molecule has 1 rings (SSSR count). The second kappa shape index (κ2) is 6.79. The van der Waals surface area contributed by atoms with Crippen LogP contribution in [-0.4, -0.2) is 24.8 Å². The van der Waals surface area contributed by atoms with E-state index in [9.17, 15) is 0 Å². The Hall–Kier alpha value is -0.840. The third-order valence-corrected chi connectivity index (χ3v) is 3.03. The Morgan fingerprint density at radius 3 is 2.82 bits per heavy atom. The van der Waals surface area contributed by atoms with E-state index < -0.39 is 0 Å². The van der Waals surface area contributed by atoms with Crippen LogP contribution in [-0.2, 0) is 0 Å². The molecule has 3 N–H and O–H groups in total. The first-order valence-electron chi connectivity index (χ1n) is 5.62. The fraction of sp³-hybridized carbons (Fsp3) is 0.385. The van der Waals surface area contributed by atoms with Gasteiger partial charge in [0.1, 0.15) is 0 Å². The Morgan fingerprint density at radius 2 is 2.29 bits per heavy atom. The van der Waals surface area contributed by atoms with Crippen molar-refractivity contribution in [2.75, 3.05) is 24.6 Å². The van der Waals surface area contributed by atoms with Crippen LogP contribution in [0.4, 0.5) is 5.69 Å². The predicted octanol–water partition coefficient (Wildman–Crippen LogP) is 2.45. The number of aliphatic hydroxyl groups excluding tert-OH is 1. The Morgan fingerprint density at radius 1 is 1.59 bits per heavy atom. The van der Waals surface area contributed by atoms with Gasteiger partial charge in [-0.1, -0.05) is 22.0 Å². The Labute approximate surface area is 111 Å². The minimum atomic E-state index is -0.0477. The third-order valence-electron chi connectivity index (χ3n) is 2.54. The summed E-state index contributed by atoms with van der Waals surface area (Å²) in [4.78, 5) is 2.07. The minimum Gasteiger partial charge on any atom is -0.395 e. The van der Waals surface area contributed by atoms with Crippen molar-refractivity contribution in [2.24, 2.45) is 5.73 Å². The van der Waals surface area contributed by atoms with Gasteiger partial charge in [0, 0.05) is 29.3 Å². The molecule has 0 amide bonds. The molecule has 4 heteroatoms. The second-order valence-electron chi connectivity index (χ2n) is 3.95. The molecule has 0 aliphatic carbocycles. The SMILES string of the molecule is C=CCN(CCO)c1ccc(Br)cc1C(C)N. The van der Waals surface area contributed by atoms with Gasteiger partial charge in [-0.2, -0.15) is 0 Å². The molecule has 0 bridgehead atoms. The first-order valence-corrected chi connectivity index (χ1v) is 6.41. The molecule has 0 saturated heterocycles. The van der Waals surface area contributed by atoms with Crippen LogP contribution in [0, 0.1) is 0 Å². The summed E-state index contributed by atoms with van der Waals surface area (Å²) in [6.45, 7) is 7.08. The van der Waals surface area contributed by atoms with E-state index in [4.69, 9.17) is 10.8 Å². The number of aliphatic hydroxyl groups is 1. The summed E-state index contributed by atoms with van der Waals surface area (Å²) in [6, 6.07) is 5.97. The Kier molecular flexibility index (Phi) is 5.68. The summed E-state index contributed by atoms with van der Waals surface area (Å²) in [7, 11) is 0. The van der Waals surface area contributed by atoms with E-state index in [-0.39, 0.29) is 12.6 Å². The lowest BCUT2D eigenvalue weighted by Gasteiger charge is -2.26. The molecule has 0 radical (unpaired) electrons. The van der Waals surface area contributed by atoms with Crippen LogP contribution in [0.5, 0.6) is 0 Å². The van der Waals surface area contributed by atoms with Crippen molar-refractivity contribution in [3.8, 4) is 0 Å². The van der Waals surface area contributed by atoms with Crippen LogP contribution in [0.1, 0.15) is 18.5 Å². The molecular formula is C13H19BrN2O. The number of rotatable bonds is 6. The summed E-state index contributed by atoms with van der Waals surface area (Å²) in [5, 5.41) is 9.09. The fourth-order valence-corrected chi connectivity index (χ4v) is 2.14. The molecule has 0 heterocycles. The van der Waals surface area contributed by atoms with Crippen molar-refractivity contribution in [3.63, 3.8) is 0 Å². The van der Waals surface area contributed by atoms with Crippen molar-refractivity contribution in [1.29, 1.82) is 0 Å². The molecule has 0 aromatic heterocycles. The van der Waals surface area contributed by atoms with Crippen molar-refractivity contribution in [1.82, 2.24) is 0 Å². The quantitative estimate of drug-likeness (QED) is 0.793. The van der Waals surface area contributed by atoms with Gasteiger partial charge in [-0.3, -0.25) is 0 Å². The van der Waals surface area contributed by atoms with Gasteiger partial charge in [0.2, 0.25) is 0 Å². The van der Waals surface area contributed by atoms with Crippen molar-refractivity contribution in [2.45, 2.75) is 13.0 Å². The monoisotopic (exact) mass is 298 g/mol. The molecular weight excluding hydrogens is 280 g/mol. The molecule has 0 aliphatic heterocycles. The number of nitrogens with zero attached hydrogens (tertiary/aromatic N) is 1. The van der Waals surface area contributed by atoms with Crippen molar-refractivity contribution >= 4 is 21.6 Å². The first-order chi connectivity index (χ1) is 8.10. The lowest BCUT2D eigenvalue weighted by atomic mass is 10.1. The van der Waals surface area contributed by atoms with Crippen LogP contribution >= 0.6 is 15.9 Å². The highest BCUT2D eigenvalue weighted by molar-refractivity contribution is 9.10. The molecule has 94 valence electrons. The molecule has 1 aromatic carbocycles. The summed E-state index contributed by atoms with van der Waals surface area (Å²) in [5.74, 6) is 0. The molecule has 0 spiro atoms. The number of hydrogen-bond acceptors (Lipinski definition) is 3. The molecule has 0 saturated carbocycles. The average Bonchev–Trinajstić information content (AvgIpc) is 2.28. The van der Waals surface area contributed by atoms with E-state index in [1.54, 1.807) is 0 Å². The largest absolute Gasteiger partial charge is 0.395 e. The lowest BCUT2D eigenvalue weighted by Crippen LogP contribution is -2.28. The molecule has 0 aliphatic rings. The zero-order valence-electron chi connectivity index (χ0n) is 10.1. The van der Waals surface area contributed by atoms with Gasteiger partial charge in [-0.05, 0) is 30.7 Å². The normalized spacial score (nSPS) is 12.2. The van der Waals surface area contributed by atoms with Gasteiger partial charge in [0.05, 0.1) is 6.61 Å². The van der Waals surface area contributed by atoms with Gasteiger partial charge in [-0.25, -0.2) is 0 Å². The molecule has 1 aromatic rings. The van der Waals surface area contributed by atoms with Gasteiger partial charge < -0.3 is 15.7 Å². The van der Waals surface area contributed by atoms with Crippen LogP contribution in [0.2, 0.25) is 0 Å². The van der Waals surface area contributed by atoms with Crippen LogP contribution < -0.4 is 10.6 Å². The highest BCUT2D eigenvalue weighted by atomic mass is 79.9. The van der Waals surface area contributed by atoms with E-state index in [0.29, 0.717) is 13.1 Å². The van der Waals surface area contributed by atoms with Gasteiger partial charge in [0.25, 0.3) is 0 Å². The number of anilines is 1. The summed E-state index contributed by atoms with van der Waals surface area (Å²) in [6.07, 6.45) is 1.82. The highest BCUT2D eigenvalue weighted by Gasteiger charge is 2.12. The average molecular weight is 299 g/mol. The van der Waals surface area contributed by atoms with E-state index in [1.807, 2.05) is 31.2 Å². The maximum absolute atomic E-state index is 9.09. The van der Waals surface area contributed by atoms with Crippen LogP contribution in [0.3, 0.4) is 0 Å². The molecule has 1 atom stereocenters. The summed E-state index contributed by atoms with van der Waals surface area (Å²) in [5.41, 5.74) is 8.10. The molecule has 1 unspecified atom stereocenters. The summed E-state index contributed by atoms with van der Waals surface area (Å²) >= 11 is 3.45. The third kappa shape index (κ3) is 3.84. The number of halogens is 1. The maximum atomic E-state index is 9.09. The van der Waals surface area contributed by atoms with Gasteiger partial charge in [0.15, 0.2) is 0 Å². The number of hydrogen-bond donors (Lipinski definition) is 2.